The molecule has 6 nitrogen and oxygen atoms in total. The van der Waals surface area contributed by atoms with Crippen molar-refractivity contribution in [2.75, 3.05) is 13.6 Å². The quantitative estimate of drug-likeness (QED) is 0.335. The molecule has 182 valence electrons. The van der Waals surface area contributed by atoms with E-state index in [2.05, 4.69) is 74.8 Å². The second-order valence-corrected chi connectivity index (χ2v) is 12.0. The van der Waals surface area contributed by atoms with E-state index < -0.39 is 0 Å². The third-order valence-corrected chi connectivity index (χ3v) is 8.84. The van der Waals surface area contributed by atoms with E-state index in [4.69, 9.17) is 4.98 Å². The van der Waals surface area contributed by atoms with Crippen LogP contribution in [0.15, 0.2) is 12.5 Å². The van der Waals surface area contributed by atoms with E-state index in [-0.39, 0.29) is 0 Å². The van der Waals surface area contributed by atoms with Crippen molar-refractivity contribution < 1.29 is 0 Å². The normalized spacial score (nSPS) is 19.5. The van der Waals surface area contributed by atoms with Crippen molar-refractivity contribution in [1.29, 1.82) is 0 Å². The number of nitrogens with one attached hydrogen (secondary N) is 1. The number of aryl methyl sites for hydroxylation is 1. The summed E-state index contributed by atoms with van der Waals surface area (Å²) >= 11 is 1.87. The minimum Gasteiger partial charge on any atom is -0.345 e. The van der Waals surface area contributed by atoms with Gasteiger partial charge in [-0.25, -0.2) is 14.5 Å². The van der Waals surface area contributed by atoms with Crippen LogP contribution in [0.2, 0.25) is 0 Å². The Bertz CT molecular complexity index is 1300. The van der Waals surface area contributed by atoms with Crippen molar-refractivity contribution in [1.82, 2.24) is 29.5 Å². The van der Waals surface area contributed by atoms with Crippen molar-refractivity contribution in [3.8, 4) is 11.3 Å². The van der Waals surface area contributed by atoms with Crippen LogP contribution < -0.4 is 0 Å². The van der Waals surface area contributed by atoms with Crippen LogP contribution in [0.1, 0.15) is 86.9 Å². The third-order valence-electron chi connectivity index (χ3n) is 7.70. The summed E-state index contributed by atoms with van der Waals surface area (Å²) in [6.45, 7) is 14.7. The zero-order chi connectivity index (χ0) is 24.1. The molecule has 4 aromatic heterocycles. The molecule has 0 radical (unpaired) electrons. The van der Waals surface area contributed by atoms with Gasteiger partial charge < -0.3 is 9.88 Å². The maximum absolute atomic E-state index is 5.27. The first-order valence-electron chi connectivity index (χ1n) is 12.8. The van der Waals surface area contributed by atoms with E-state index in [1.807, 2.05) is 15.9 Å². The fraction of sp³-hybridized carbons (Fsp3) is 0.593. The lowest BCUT2D eigenvalue weighted by atomic mass is 9.85. The molecule has 1 fully saturated rings. The van der Waals surface area contributed by atoms with Crippen LogP contribution in [0.3, 0.4) is 0 Å². The van der Waals surface area contributed by atoms with Gasteiger partial charge in [-0.15, -0.1) is 11.3 Å². The number of hydrogen-bond donors (Lipinski definition) is 1. The molecule has 0 saturated heterocycles. The van der Waals surface area contributed by atoms with E-state index in [9.17, 15) is 0 Å². The maximum atomic E-state index is 5.27. The number of fused-ring (bicyclic) bond motifs is 2. The van der Waals surface area contributed by atoms with E-state index in [0.717, 1.165) is 17.6 Å². The largest absolute Gasteiger partial charge is 0.345 e. The second-order valence-electron chi connectivity index (χ2n) is 11.0. The summed E-state index contributed by atoms with van der Waals surface area (Å²) in [5.41, 5.74) is 8.23. The zero-order valence-corrected chi connectivity index (χ0v) is 22.5. The van der Waals surface area contributed by atoms with Crippen molar-refractivity contribution in [3.63, 3.8) is 0 Å². The number of thiazole rings is 1. The number of aromatic amines is 1. The highest BCUT2D eigenvalue weighted by atomic mass is 32.1. The fourth-order valence-electron chi connectivity index (χ4n) is 5.79. The lowest BCUT2D eigenvalue weighted by Crippen LogP contribution is -2.37. The molecule has 1 saturated carbocycles. The Labute approximate surface area is 206 Å². The molecule has 1 aliphatic carbocycles. The van der Waals surface area contributed by atoms with Gasteiger partial charge in [0.05, 0.1) is 10.7 Å². The highest BCUT2D eigenvalue weighted by Gasteiger charge is 2.29. The van der Waals surface area contributed by atoms with Gasteiger partial charge in [0.15, 0.2) is 5.65 Å². The molecule has 0 bridgehead atoms. The lowest BCUT2D eigenvalue weighted by Gasteiger charge is -2.35. The van der Waals surface area contributed by atoms with Gasteiger partial charge in [0.25, 0.3) is 0 Å². The molecule has 7 heteroatoms. The Morgan fingerprint density at radius 3 is 2.53 bits per heavy atom. The number of H-pyrrole nitrogens is 1. The number of pyridine rings is 1. The summed E-state index contributed by atoms with van der Waals surface area (Å²) in [4.78, 5) is 17.3. The molecule has 0 aromatic carbocycles. The molecule has 0 atom stereocenters. The molecular weight excluding hydrogens is 440 g/mol. The first-order valence-corrected chi connectivity index (χ1v) is 13.6. The van der Waals surface area contributed by atoms with Crippen LogP contribution in [0.4, 0.5) is 0 Å². The molecule has 4 aromatic rings. The molecular formula is C27H38N6S. The molecule has 0 aliphatic heterocycles. The molecule has 4 heterocycles. The van der Waals surface area contributed by atoms with Gasteiger partial charge in [0.2, 0.25) is 0 Å². The van der Waals surface area contributed by atoms with Gasteiger partial charge in [-0.2, -0.15) is 5.10 Å². The van der Waals surface area contributed by atoms with Crippen LogP contribution in [-0.4, -0.2) is 49.1 Å². The topological polar surface area (TPSA) is 62.1 Å². The minimum atomic E-state index is 0.380. The average molecular weight is 479 g/mol. The zero-order valence-electron chi connectivity index (χ0n) is 21.6. The minimum absolute atomic E-state index is 0.380. The Balaban J connectivity index is 1.46. The number of hydrogen-bond acceptors (Lipinski definition) is 5. The molecule has 34 heavy (non-hydrogen) atoms. The maximum Gasteiger partial charge on any atom is 0.158 e. The van der Waals surface area contributed by atoms with Crippen molar-refractivity contribution in [3.05, 3.63) is 34.2 Å². The first-order chi connectivity index (χ1) is 16.2. The van der Waals surface area contributed by atoms with Gasteiger partial charge in [0.1, 0.15) is 16.7 Å². The molecule has 0 amide bonds. The SMILES string of the molecule is Cc1c(-c2[nH]c3sc(C4CCC(N(C)CC(C)C)CC4)nc3c2C(C)C)cn2ncnc2c1C. The van der Waals surface area contributed by atoms with Crippen LogP contribution in [0.5, 0.6) is 0 Å². The monoisotopic (exact) mass is 478 g/mol. The summed E-state index contributed by atoms with van der Waals surface area (Å²) < 4.78 is 1.89. The summed E-state index contributed by atoms with van der Waals surface area (Å²) in [5.74, 6) is 1.70. The second kappa shape index (κ2) is 9.08. The van der Waals surface area contributed by atoms with E-state index in [0.29, 0.717) is 11.8 Å². The summed E-state index contributed by atoms with van der Waals surface area (Å²) in [7, 11) is 2.30. The van der Waals surface area contributed by atoms with Gasteiger partial charge in [-0.1, -0.05) is 27.7 Å². The molecule has 1 N–H and O–H groups in total. The van der Waals surface area contributed by atoms with Gasteiger partial charge in [-0.05, 0) is 69.5 Å². The standard InChI is InChI=1S/C27H38N6S/c1-15(2)12-32(7)20-10-8-19(9-11-20)26-31-24-22(16(3)4)23(30-27(24)34-26)21-13-33-25(28-14-29-33)18(6)17(21)5/h13-16,19-20,30H,8-12H2,1-7H3. The summed E-state index contributed by atoms with van der Waals surface area (Å²) in [5, 5.41) is 5.73. The average Bonchev–Trinajstić information content (AvgIpc) is 3.49. The molecule has 0 spiro atoms. The van der Waals surface area contributed by atoms with Crippen LogP contribution in [0.25, 0.3) is 27.3 Å². The van der Waals surface area contributed by atoms with Crippen molar-refractivity contribution >= 4 is 27.3 Å². The highest BCUT2D eigenvalue weighted by Crippen LogP contribution is 2.43. The van der Waals surface area contributed by atoms with E-state index in [1.54, 1.807) is 6.33 Å². The molecule has 5 rings (SSSR count). The van der Waals surface area contributed by atoms with Crippen molar-refractivity contribution in [2.45, 2.75) is 85.1 Å². The number of rotatable bonds is 6. The predicted molar refractivity (Wildman–Crippen MR) is 142 cm³/mol. The lowest BCUT2D eigenvalue weighted by molar-refractivity contribution is 0.166. The van der Waals surface area contributed by atoms with E-state index >= 15 is 0 Å². The number of nitrogens with zero attached hydrogens (tertiary/aromatic N) is 5. The fourth-order valence-corrected chi connectivity index (χ4v) is 6.95. The number of aromatic nitrogens is 5. The summed E-state index contributed by atoms with van der Waals surface area (Å²) in [6, 6.07) is 0.722. The highest BCUT2D eigenvalue weighted by molar-refractivity contribution is 7.18. The smallest absolute Gasteiger partial charge is 0.158 e. The Hall–Kier alpha value is -2.25. The predicted octanol–water partition coefficient (Wildman–Crippen LogP) is 6.69. The van der Waals surface area contributed by atoms with Crippen LogP contribution in [-0.2, 0) is 0 Å². The van der Waals surface area contributed by atoms with Gasteiger partial charge >= 0.3 is 0 Å². The van der Waals surface area contributed by atoms with Gasteiger partial charge in [0, 0.05) is 35.8 Å². The van der Waals surface area contributed by atoms with Crippen LogP contribution in [0, 0.1) is 19.8 Å². The Morgan fingerprint density at radius 1 is 1.12 bits per heavy atom. The first kappa shape index (κ1) is 23.5. The van der Waals surface area contributed by atoms with Crippen molar-refractivity contribution in [2.24, 2.45) is 5.92 Å². The molecule has 0 unspecified atom stereocenters. The Kier molecular flexibility index (Phi) is 6.27. The third kappa shape index (κ3) is 4.07. The van der Waals surface area contributed by atoms with Crippen LogP contribution >= 0.6 is 11.3 Å². The Morgan fingerprint density at radius 2 is 1.85 bits per heavy atom. The molecule has 1 aliphatic rings. The summed E-state index contributed by atoms with van der Waals surface area (Å²) in [6.07, 6.45) is 8.79. The van der Waals surface area contributed by atoms with Gasteiger partial charge in [-0.3, -0.25) is 0 Å². The van der Waals surface area contributed by atoms with E-state index in [1.165, 1.54) is 75.5 Å².